The molecule has 112 valence electrons. The number of nitrogens with one attached hydrogen (secondary N) is 1. The van der Waals surface area contributed by atoms with Crippen molar-refractivity contribution in [2.45, 2.75) is 39.2 Å². The van der Waals surface area contributed by atoms with Crippen molar-refractivity contribution in [3.05, 3.63) is 70.5 Å². The van der Waals surface area contributed by atoms with Crippen molar-refractivity contribution in [3.63, 3.8) is 0 Å². The van der Waals surface area contributed by atoms with Gasteiger partial charge < -0.3 is 0 Å². The van der Waals surface area contributed by atoms with Crippen LogP contribution in [0.15, 0.2) is 42.5 Å². The molecule has 0 saturated carbocycles. The van der Waals surface area contributed by atoms with E-state index in [0.717, 1.165) is 23.1 Å². The Labute approximate surface area is 126 Å². The highest BCUT2D eigenvalue weighted by molar-refractivity contribution is 5.31. The Balaban J connectivity index is 2.19. The largest absolute Gasteiger partial charge is 0.271 e. The van der Waals surface area contributed by atoms with Crippen LogP contribution in [0.4, 0.5) is 4.39 Å². The van der Waals surface area contributed by atoms with Crippen LogP contribution < -0.4 is 11.3 Å². The van der Waals surface area contributed by atoms with Crippen LogP contribution in [0, 0.1) is 12.7 Å². The standard InChI is InChI=1S/C18H23FN2/c1-12(2)14-4-6-15(7-5-14)18(21-20)11-16-8-9-17(19)10-13(16)3/h4-10,12,18,21H,11,20H2,1-3H3. The molecule has 3 N–H and O–H groups in total. The number of nitrogens with two attached hydrogens (primary N) is 1. The topological polar surface area (TPSA) is 38.0 Å². The number of halogens is 1. The third-order valence-electron chi connectivity index (χ3n) is 3.94. The van der Waals surface area contributed by atoms with Crippen molar-refractivity contribution in [2.24, 2.45) is 5.84 Å². The summed E-state index contributed by atoms with van der Waals surface area (Å²) < 4.78 is 13.2. The van der Waals surface area contributed by atoms with Gasteiger partial charge in [0.1, 0.15) is 5.82 Å². The Morgan fingerprint density at radius 1 is 1.05 bits per heavy atom. The molecule has 2 nitrogen and oxygen atoms in total. The molecular formula is C18H23FN2. The fourth-order valence-electron chi connectivity index (χ4n) is 2.49. The lowest BCUT2D eigenvalue weighted by Gasteiger charge is -2.18. The molecule has 3 heteroatoms. The second-order valence-corrected chi connectivity index (χ2v) is 5.82. The van der Waals surface area contributed by atoms with Crippen molar-refractivity contribution >= 4 is 0 Å². The molecule has 0 saturated heterocycles. The van der Waals surface area contributed by atoms with Crippen molar-refractivity contribution in [3.8, 4) is 0 Å². The van der Waals surface area contributed by atoms with Gasteiger partial charge in [0.05, 0.1) is 0 Å². The maximum atomic E-state index is 13.2. The van der Waals surface area contributed by atoms with Crippen molar-refractivity contribution < 1.29 is 4.39 Å². The summed E-state index contributed by atoms with van der Waals surface area (Å²) >= 11 is 0. The lowest BCUT2D eigenvalue weighted by molar-refractivity contribution is 0.549. The van der Waals surface area contributed by atoms with Crippen LogP contribution in [0.3, 0.4) is 0 Å². The zero-order chi connectivity index (χ0) is 15.4. The van der Waals surface area contributed by atoms with Crippen LogP contribution in [-0.4, -0.2) is 0 Å². The molecular weight excluding hydrogens is 263 g/mol. The number of hydrogen-bond donors (Lipinski definition) is 2. The molecule has 2 aromatic rings. The summed E-state index contributed by atoms with van der Waals surface area (Å²) in [4.78, 5) is 0. The molecule has 0 fully saturated rings. The van der Waals surface area contributed by atoms with Crippen LogP contribution >= 0.6 is 0 Å². The SMILES string of the molecule is Cc1cc(F)ccc1CC(NN)c1ccc(C(C)C)cc1. The molecule has 2 aromatic carbocycles. The van der Waals surface area contributed by atoms with Gasteiger partial charge in [-0.2, -0.15) is 0 Å². The van der Waals surface area contributed by atoms with Gasteiger partial charge in [-0.05, 0) is 53.6 Å². The van der Waals surface area contributed by atoms with E-state index in [4.69, 9.17) is 5.84 Å². The molecule has 0 heterocycles. The number of hydrogen-bond acceptors (Lipinski definition) is 2. The smallest absolute Gasteiger partial charge is 0.123 e. The molecule has 0 radical (unpaired) electrons. The van der Waals surface area contributed by atoms with Gasteiger partial charge in [0.15, 0.2) is 0 Å². The number of benzene rings is 2. The Morgan fingerprint density at radius 3 is 2.19 bits per heavy atom. The van der Waals surface area contributed by atoms with Gasteiger partial charge >= 0.3 is 0 Å². The van der Waals surface area contributed by atoms with Crippen molar-refractivity contribution in [2.75, 3.05) is 0 Å². The lowest BCUT2D eigenvalue weighted by atomic mass is 9.94. The van der Waals surface area contributed by atoms with Crippen LogP contribution in [-0.2, 0) is 6.42 Å². The van der Waals surface area contributed by atoms with Gasteiger partial charge in [0.2, 0.25) is 0 Å². The van der Waals surface area contributed by atoms with Gasteiger partial charge in [-0.25, -0.2) is 4.39 Å². The third-order valence-corrected chi connectivity index (χ3v) is 3.94. The minimum absolute atomic E-state index is 0.0235. The third kappa shape index (κ3) is 3.90. The highest BCUT2D eigenvalue weighted by atomic mass is 19.1. The van der Waals surface area contributed by atoms with Crippen LogP contribution in [0.25, 0.3) is 0 Å². The fourth-order valence-corrected chi connectivity index (χ4v) is 2.49. The summed E-state index contributed by atoms with van der Waals surface area (Å²) in [5, 5.41) is 0. The second-order valence-electron chi connectivity index (χ2n) is 5.82. The molecule has 0 aliphatic heterocycles. The van der Waals surface area contributed by atoms with E-state index in [-0.39, 0.29) is 11.9 Å². The van der Waals surface area contributed by atoms with E-state index in [1.807, 2.05) is 13.0 Å². The Kier molecular flexibility index (Phi) is 5.10. The van der Waals surface area contributed by atoms with E-state index in [9.17, 15) is 4.39 Å². The fraction of sp³-hybridized carbons (Fsp3) is 0.333. The summed E-state index contributed by atoms with van der Waals surface area (Å²) in [6, 6.07) is 13.4. The van der Waals surface area contributed by atoms with E-state index >= 15 is 0 Å². The lowest BCUT2D eigenvalue weighted by Crippen LogP contribution is -2.29. The summed E-state index contributed by atoms with van der Waals surface area (Å²) in [5.74, 6) is 6.02. The first-order valence-electron chi connectivity index (χ1n) is 7.32. The van der Waals surface area contributed by atoms with E-state index in [0.29, 0.717) is 5.92 Å². The highest BCUT2D eigenvalue weighted by Gasteiger charge is 2.12. The Bertz CT molecular complexity index is 591. The number of hydrazine groups is 1. The van der Waals surface area contributed by atoms with E-state index in [2.05, 4.69) is 43.5 Å². The zero-order valence-corrected chi connectivity index (χ0v) is 12.9. The predicted molar refractivity (Wildman–Crippen MR) is 85.4 cm³/mol. The molecule has 21 heavy (non-hydrogen) atoms. The number of aryl methyl sites for hydroxylation is 1. The van der Waals surface area contributed by atoms with Crippen LogP contribution in [0.5, 0.6) is 0 Å². The van der Waals surface area contributed by atoms with Crippen molar-refractivity contribution in [1.29, 1.82) is 0 Å². The zero-order valence-electron chi connectivity index (χ0n) is 12.9. The summed E-state index contributed by atoms with van der Waals surface area (Å²) in [5.41, 5.74) is 7.38. The first-order valence-corrected chi connectivity index (χ1v) is 7.32. The van der Waals surface area contributed by atoms with Crippen molar-refractivity contribution in [1.82, 2.24) is 5.43 Å². The maximum Gasteiger partial charge on any atom is 0.123 e. The molecule has 2 rings (SSSR count). The Morgan fingerprint density at radius 2 is 1.67 bits per heavy atom. The summed E-state index contributed by atoms with van der Waals surface area (Å²) in [6.07, 6.45) is 0.740. The molecule has 0 amide bonds. The predicted octanol–water partition coefficient (Wildman–Crippen LogP) is 4.00. The summed E-state index contributed by atoms with van der Waals surface area (Å²) in [6.45, 7) is 6.28. The maximum absolute atomic E-state index is 13.2. The molecule has 1 atom stereocenters. The molecule has 1 unspecified atom stereocenters. The Hall–Kier alpha value is -1.71. The van der Waals surface area contributed by atoms with Gasteiger partial charge in [-0.15, -0.1) is 0 Å². The minimum Gasteiger partial charge on any atom is -0.271 e. The summed E-state index contributed by atoms with van der Waals surface area (Å²) in [7, 11) is 0. The average molecular weight is 286 g/mol. The molecule has 0 aromatic heterocycles. The average Bonchev–Trinajstić information content (AvgIpc) is 2.47. The minimum atomic E-state index is -0.199. The molecule has 0 bridgehead atoms. The van der Waals surface area contributed by atoms with E-state index in [1.165, 1.54) is 11.6 Å². The molecule has 0 aliphatic carbocycles. The highest BCUT2D eigenvalue weighted by Crippen LogP contribution is 2.23. The normalized spacial score (nSPS) is 12.7. The van der Waals surface area contributed by atoms with Gasteiger partial charge in [0.25, 0.3) is 0 Å². The first-order chi connectivity index (χ1) is 10.0. The van der Waals surface area contributed by atoms with Crippen LogP contribution in [0.2, 0.25) is 0 Å². The second kappa shape index (κ2) is 6.83. The number of rotatable bonds is 5. The van der Waals surface area contributed by atoms with E-state index in [1.54, 1.807) is 6.07 Å². The monoisotopic (exact) mass is 286 g/mol. The van der Waals surface area contributed by atoms with Crippen LogP contribution in [0.1, 0.15) is 48.1 Å². The first kappa shape index (κ1) is 15.7. The van der Waals surface area contributed by atoms with Gasteiger partial charge in [0, 0.05) is 6.04 Å². The van der Waals surface area contributed by atoms with E-state index < -0.39 is 0 Å². The quantitative estimate of drug-likeness (QED) is 0.644. The van der Waals surface area contributed by atoms with Gasteiger partial charge in [-0.1, -0.05) is 44.2 Å². The van der Waals surface area contributed by atoms with Gasteiger partial charge in [-0.3, -0.25) is 11.3 Å². The molecule has 0 aliphatic rings. The molecule has 0 spiro atoms.